The standard InChI is InChI=1S/C16H16FNO/c1-3-18(13-8-5-4-6-9-13)15-11-7-10-14(17)16(15)12(2)19/h4-11H,3H2,1-2H3. The summed E-state index contributed by atoms with van der Waals surface area (Å²) in [7, 11) is 0. The van der Waals surface area contributed by atoms with Gasteiger partial charge in [-0.1, -0.05) is 24.3 Å². The first-order chi connectivity index (χ1) is 9.15. The van der Waals surface area contributed by atoms with Crippen molar-refractivity contribution in [2.24, 2.45) is 0 Å². The maximum atomic E-state index is 13.9. The zero-order valence-corrected chi connectivity index (χ0v) is 11.1. The lowest BCUT2D eigenvalue weighted by atomic mass is 10.1. The number of ketones is 1. The van der Waals surface area contributed by atoms with Crippen molar-refractivity contribution in [2.45, 2.75) is 13.8 Å². The lowest BCUT2D eigenvalue weighted by Gasteiger charge is -2.25. The third kappa shape index (κ3) is 2.65. The molecule has 2 rings (SSSR count). The molecule has 3 heteroatoms. The Morgan fingerprint density at radius 2 is 1.79 bits per heavy atom. The fourth-order valence-corrected chi connectivity index (χ4v) is 2.19. The van der Waals surface area contributed by atoms with Crippen LogP contribution in [0.25, 0.3) is 0 Å². The number of halogens is 1. The Kier molecular flexibility index (Phi) is 3.95. The van der Waals surface area contributed by atoms with Crippen LogP contribution in [0.2, 0.25) is 0 Å². The van der Waals surface area contributed by atoms with Gasteiger partial charge in [-0.15, -0.1) is 0 Å². The lowest BCUT2D eigenvalue weighted by molar-refractivity contribution is 0.101. The van der Waals surface area contributed by atoms with Crippen molar-refractivity contribution >= 4 is 17.2 Å². The highest BCUT2D eigenvalue weighted by Gasteiger charge is 2.18. The molecule has 98 valence electrons. The van der Waals surface area contributed by atoms with E-state index in [1.54, 1.807) is 12.1 Å². The van der Waals surface area contributed by atoms with Crippen molar-refractivity contribution < 1.29 is 9.18 Å². The largest absolute Gasteiger partial charge is 0.341 e. The average Bonchev–Trinajstić information content (AvgIpc) is 2.40. The minimum absolute atomic E-state index is 0.146. The number of hydrogen-bond donors (Lipinski definition) is 0. The van der Waals surface area contributed by atoms with E-state index < -0.39 is 5.82 Å². The summed E-state index contributed by atoms with van der Waals surface area (Å²) in [6.45, 7) is 4.02. The molecule has 0 heterocycles. The van der Waals surface area contributed by atoms with Gasteiger partial charge in [-0.25, -0.2) is 4.39 Å². The average molecular weight is 257 g/mol. The van der Waals surface area contributed by atoms with Crippen molar-refractivity contribution in [2.75, 3.05) is 11.4 Å². The summed E-state index contributed by atoms with van der Waals surface area (Å²) in [5, 5.41) is 0. The molecular formula is C16H16FNO. The molecule has 19 heavy (non-hydrogen) atoms. The van der Waals surface area contributed by atoms with E-state index in [9.17, 15) is 9.18 Å². The maximum absolute atomic E-state index is 13.9. The summed E-state index contributed by atoms with van der Waals surface area (Å²) >= 11 is 0. The van der Waals surface area contributed by atoms with Gasteiger partial charge in [0, 0.05) is 12.2 Å². The van der Waals surface area contributed by atoms with Gasteiger partial charge in [-0.3, -0.25) is 4.79 Å². The summed E-state index contributed by atoms with van der Waals surface area (Å²) in [4.78, 5) is 13.6. The third-order valence-electron chi connectivity index (χ3n) is 3.02. The summed E-state index contributed by atoms with van der Waals surface area (Å²) in [5.74, 6) is -0.734. The van der Waals surface area contributed by atoms with E-state index in [0.29, 0.717) is 12.2 Å². The first-order valence-electron chi connectivity index (χ1n) is 6.27. The number of Topliss-reactive ketones (excluding diaryl/α,β-unsaturated/α-hetero) is 1. The molecule has 2 aromatic carbocycles. The molecule has 0 atom stereocenters. The molecule has 2 aromatic rings. The predicted molar refractivity (Wildman–Crippen MR) is 75.5 cm³/mol. The first-order valence-corrected chi connectivity index (χ1v) is 6.27. The van der Waals surface area contributed by atoms with Crippen molar-refractivity contribution in [3.63, 3.8) is 0 Å². The Balaban J connectivity index is 2.56. The fourth-order valence-electron chi connectivity index (χ4n) is 2.19. The summed E-state index contributed by atoms with van der Waals surface area (Å²) in [6.07, 6.45) is 0. The molecule has 0 aliphatic heterocycles. The number of benzene rings is 2. The second kappa shape index (κ2) is 5.65. The van der Waals surface area contributed by atoms with E-state index in [1.807, 2.05) is 42.2 Å². The quantitative estimate of drug-likeness (QED) is 0.765. The first kappa shape index (κ1) is 13.3. The van der Waals surface area contributed by atoms with E-state index >= 15 is 0 Å². The minimum atomic E-state index is -0.473. The molecule has 0 N–H and O–H groups in total. The summed E-state index contributed by atoms with van der Waals surface area (Å²) < 4.78 is 13.9. The van der Waals surface area contributed by atoms with Gasteiger partial charge in [0.25, 0.3) is 0 Å². The van der Waals surface area contributed by atoms with Crippen molar-refractivity contribution in [3.05, 3.63) is 59.9 Å². The SMILES string of the molecule is CCN(c1ccccc1)c1cccc(F)c1C(C)=O. The molecule has 0 aliphatic carbocycles. The Hall–Kier alpha value is -2.16. The van der Waals surface area contributed by atoms with Gasteiger partial charge in [0.1, 0.15) is 5.82 Å². The minimum Gasteiger partial charge on any atom is -0.341 e. The van der Waals surface area contributed by atoms with Gasteiger partial charge >= 0.3 is 0 Å². The smallest absolute Gasteiger partial charge is 0.164 e. The van der Waals surface area contributed by atoms with Gasteiger partial charge in [-0.2, -0.15) is 0 Å². The van der Waals surface area contributed by atoms with Gasteiger partial charge in [0.2, 0.25) is 0 Å². The van der Waals surface area contributed by atoms with Crippen LogP contribution in [-0.4, -0.2) is 12.3 Å². The molecule has 0 fully saturated rings. The lowest BCUT2D eigenvalue weighted by Crippen LogP contribution is -2.19. The number of rotatable bonds is 4. The predicted octanol–water partition coefficient (Wildman–Crippen LogP) is 4.19. The second-order valence-corrected chi connectivity index (χ2v) is 4.27. The highest BCUT2D eigenvalue weighted by atomic mass is 19.1. The Morgan fingerprint density at radius 3 is 2.37 bits per heavy atom. The van der Waals surface area contributed by atoms with Crippen molar-refractivity contribution in [3.8, 4) is 0 Å². The normalized spacial score (nSPS) is 10.3. The molecule has 0 saturated carbocycles. The number of para-hydroxylation sites is 1. The van der Waals surface area contributed by atoms with Crippen LogP contribution in [0.5, 0.6) is 0 Å². The monoisotopic (exact) mass is 257 g/mol. The van der Waals surface area contributed by atoms with E-state index in [1.165, 1.54) is 13.0 Å². The zero-order valence-electron chi connectivity index (χ0n) is 11.1. The molecule has 0 radical (unpaired) electrons. The molecule has 2 nitrogen and oxygen atoms in total. The molecule has 0 spiro atoms. The van der Waals surface area contributed by atoms with Crippen molar-refractivity contribution in [1.29, 1.82) is 0 Å². The second-order valence-electron chi connectivity index (χ2n) is 4.27. The van der Waals surface area contributed by atoms with Crippen LogP contribution in [0.3, 0.4) is 0 Å². The molecule has 0 saturated heterocycles. The van der Waals surface area contributed by atoms with E-state index in [-0.39, 0.29) is 11.3 Å². The van der Waals surface area contributed by atoms with Crippen LogP contribution in [0.4, 0.5) is 15.8 Å². The number of anilines is 2. The fraction of sp³-hybridized carbons (Fsp3) is 0.188. The number of hydrogen-bond acceptors (Lipinski definition) is 2. The van der Waals surface area contributed by atoms with Gasteiger partial charge < -0.3 is 4.90 Å². The van der Waals surface area contributed by atoms with Gasteiger partial charge in [0.05, 0.1) is 11.3 Å². The van der Waals surface area contributed by atoms with Crippen LogP contribution in [0.15, 0.2) is 48.5 Å². The molecule has 0 bridgehead atoms. The molecular weight excluding hydrogens is 241 g/mol. The van der Waals surface area contributed by atoms with Crippen LogP contribution in [0, 0.1) is 5.82 Å². The highest BCUT2D eigenvalue weighted by Crippen LogP contribution is 2.30. The summed E-state index contributed by atoms with van der Waals surface area (Å²) in [6, 6.07) is 14.4. The van der Waals surface area contributed by atoms with Crippen molar-refractivity contribution in [1.82, 2.24) is 0 Å². The van der Waals surface area contributed by atoms with Crippen LogP contribution in [-0.2, 0) is 0 Å². The van der Waals surface area contributed by atoms with Gasteiger partial charge in [-0.05, 0) is 38.1 Å². The zero-order chi connectivity index (χ0) is 13.8. The Bertz CT molecular complexity index is 581. The topological polar surface area (TPSA) is 20.3 Å². The van der Waals surface area contributed by atoms with Crippen LogP contribution in [0.1, 0.15) is 24.2 Å². The molecule has 0 unspecified atom stereocenters. The number of carbonyl (C=O) groups excluding carboxylic acids is 1. The highest BCUT2D eigenvalue weighted by molar-refractivity contribution is 6.00. The molecule has 0 aliphatic rings. The van der Waals surface area contributed by atoms with E-state index in [0.717, 1.165) is 5.69 Å². The van der Waals surface area contributed by atoms with E-state index in [4.69, 9.17) is 0 Å². The summed E-state index contributed by atoms with van der Waals surface area (Å²) in [5.41, 5.74) is 1.70. The maximum Gasteiger partial charge on any atom is 0.164 e. The Morgan fingerprint density at radius 1 is 1.11 bits per heavy atom. The molecule has 0 amide bonds. The third-order valence-corrected chi connectivity index (χ3v) is 3.02. The molecule has 0 aromatic heterocycles. The van der Waals surface area contributed by atoms with E-state index in [2.05, 4.69) is 0 Å². The Labute approximate surface area is 112 Å². The number of carbonyl (C=O) groups is 1. The van der Waals surface area contributed by atoms with Crippen LogP contribution >= 0.6 is 0 Å². The van der Waals surface area contributed by atoms with Gasteiger partial charge in [0.15, 0.2) is 5.78 Å². The number of nitrogens with zero attached hydrogens (tertiary/aromatic N) is 1. The van der Waals surface area contributed by atoms with Crippen LogP contribution < -0.4 is 4.90 Å².